The van der Waals surface area contributed by atoms with Crippen molar-refractivity contribution in [3.63, 3.8) is 0 Å². The molecule has 1 nitrogen and oxygen atoms in total. The largest absolute Gasteiger partial charge is 0.303 e. The van der Waals surface area contributed by atoms with Crippen LogP contribution in [-0.4, -0.2) is 24.5 Å². The molecule has 0 aromatic rings. The van der Waals surface area contributed by atoms with Crippen molar-refractivity contribution in [1.82, 2.24) is 4.90 Å². The molecule has 0 bridgehead atoms. The Morgan fingerprint density at radius 2 is 1.92 bits per heavy atom. The van der Waals surface area contributed by atoms with Crippen LogP contribution in [-0.2, 0) is 0 Å². The van der Waals surface area contributed by atoms with Crippen molar-refractivity contribution < 1.29 is 0 Å². The van der Waals surface area contributed by atoms with Gasteiger partial charge in [-0.05, 0) is 56.7 Å². The lowest BCUT2D eigenvalue weighted by Crippen LogP contribution is -2.35. The number of nitrogens with zero attached hydrogens (tertiary/aromatic N) is 1. The molecular weight excluding hydrogens is 146 g/mol. The van der Waals surface area contributed by atoms with Crippen LogP contribution in [0.15, 0.2) is 0 Å². The van der Waals surface area contributed by atoms with Crippen LogP contribution in [0.1, 0.15) is 39.5 Å². The number of hydrogen-bond donors (Lipinski definition) is 0. The van der Waals surface area contributed by atoms with Crippen LogP contribution in [0.2, 0.25) is 0 Å². The van der Waals surface area contributed by atoms with Crippen LogP contribution in [0.25, 0.3) is 0 Å². The van der Waals surface area contributed by atoms with Crippen molar-refractivity contribution in [2.45, 2.75) is 39.5 Å². The molecule has 2 rings (SSSR count). The van der Waals surface area contributed by atoms with Gasteiger partial charge in [0.05, 0.1) is 0 Å². The first-order valence-electron chi connectivity index (χ1n) is 5.49. The van der Waals surface area contributed by atoms with Gasteiger partial charge in [0.15, 0.2) is 0 Å². The fraction of sp³-hybridized carbons (Fsp3) is 1.00. The lowest BCUT2D eigenvalue weighted by Gasteiger charge is -2.32. The number of hydrogen-bond acceptors (Lipinski definition) is 1. The van der Waals surface area contributed by atoms with Crippen molar-refractivity contribution >= 4 is 0 Å². The van der Waals surface area contributed by atoms with Crippen LogP contribution in [0.4, 0.5) is 0 Å². The molecule has 1 atom stereocenters. The summed E-state index contributed by atoms with van der Waals surface area (Å²) < 4.78 is 0. The predicted octanol–water partition coefficient (Wildman–Crippen LogP) is 2.52. The van der Waals surface area contributed by atoms with Gasteiger partial charge in [-0.15, -0.1) is 0 Å². The summed E-state index contributed by atoms with van der Waals surface area (Å²) >= 11 is 0. The number of likely N-dealkylation sites (tertiary alicyclic amines) is 1. The lowest BCUT2D eigenvalue weighted by atomic mass is 9.91. The molecule has 1 spiro atoms. The highest BCUT2D eigenvalue weighted by Crippen LogP contribution is 2.58. The highest BCUT2D eigenvalue weighted by Gasteiger charge is 2.51. The van der Waals surface area contributed by atoms with E-state index in [1.807, 2.05) is 0 Å². The first-order valence-corrected chi connectivity index (χ1v) is 5.49. The van der Waals surface area contributed by atoms with E-state index in [1.165, 1.54) is 45.3 Å². The van der Waals surface area contributed by atoms with Gasteiger partial charge in [-0.2, -0.15) is 0 Å². The number of piperidine rings is 1. The van der Waals surface area contributed by atoms with Crippen molar-refractivity contribution in [3.8, 4) is 0 Å². The highest BCUT2D eigenvalue weighted by molar-refractivity contribution is 5.02. The average Bonchev–Trinajstić information content (AvgIpc) is 2.68. The molecule has 1 aliphatic carbocycles. The second-order valence-corrected chi connectivity index (χ2v) is 4.81. The molecule has 1 saturated carbocycles. The summed E-state index contributed by atoms with van der Waals surface area (Å²) in [6, 6.07) is 0. The van der Waals surface area contributed by atoms with Gasteiger partial charge in [-0.25, -0.2) is 0 Å². The quantitative estimate of drug-likeness (QED) is 0.611. The van der Waals surface area contributed by atoms with E-state index >= 15 is 0 Å². The molecule has 0 radical (unpaired) electrons. The maximum absolute atomic E-state index is 2.64. The third kappa shape index (κ3) is 1.39. The summed E-state index contributed by atoms with van der Waals surface area (Å²) in [4.78, 5) is 2.64. The van der Waals surface area contributed by atoms with E-state index in [0.717, 1.165) is 11.3 Å². The molecule has 2 aliphatic rings. The van der Waals surface area contributed by atoms with Gasteiger partial charge >= 0.3 is 0 Å². The van der Waals surface area contributed by atoms with Crippen LogP contribution in [0.3, 0.4) is 0 Å². The van der Waals surface area contributed by atoms with Gasteiger partial charge in [-0.3, -0.25) is 0 Å². The summed E-state index contributed by atoms with van der Waals surface area (Å²) in [6.45, 7) is 8.78. The maximum Gasteiger partial charge on any atom is -0.00133 e. The molecule has 1 saturated heterocycles. The molecule has 1 aliphatic heterocycles. The van der Waals surface area contributed by atoms with Gasteiger partial charge < -0.3 is 4.90 Å². The van der Waals surface area contributed by atoms with Gasteiger partial charge in [0.1, 0.15) is 0 Å². The summed E-state index contributed by atoms with van der Waals surface area (Å²) in [5.41, 5.74) is 0.824. The van der Waals surface area contributed by atoms with E-state index < -0.39 is 0 Å². The summed E-state index contributed by atoms with van der Waals surface area (Å²) in [7, 11) is 0. The normalized spacial score (nSPS) is 34.0. The SMILES string of the molecule is CCCN1CCC2(CC1)CC2C. The second-order valence-electron chi connectivity index (χ2n) is 4.81. The van der Waals surface area contributed by atoms with E-state index in [9.17, 15) is 0 Å². The Morgan fingerprint density at radius 3 is 2.33 bits per heavy atom. The van der Waals surface area contributed by atoms with Crippen LogP contribution >= 0.6 is 0 Å². The fourth-order valence-corrected chi connectivity index (χ4v) is 2.79. The zero-order chi connectivity index (χ0) is 8.60. The molecule has 70 valence electrons. The van der Waals surface area contributed by atoms with Crippen LogP contribution < -0.4 is 0 Å². The van der Waals surface area contributed by atoms with E-state index in [-0.39, 0.29) is 0 Å². The van der Waals surface area contributed by atoms with Crippen LogP contribution in [0.5, 0.6) is 0 Å². The zero-order valence-corrected chi connectivity index (χ0v) is 8.47. The molecule has 2 fully saturated rings. The van der Waals surface area contributed by atoms with Gasteiger partial charge in [0.25, 0.3) is 0 Å². The van der Waals surface area contributed by atoms with Crippen molar-refractivity contribution in [3.05, 3.63) is 0 Å². The van der Waals surface area contributed by atoms with E-state index in [2.05, 4.69) is 18.7 Å². The average molecular weight is 167 g/mol. The number of rotatable bonds is 2. The Bertz CT molecular complexity index is 156. The minimum atomic E-state index is 0.824. The van der Waals surface area contributed by atoms with Crippen molar-refractivity contribution in [1.29, 1.82) is 0 Å². The maximum atomic E-state index is 2.64. The Balaban J connectivity index is 1.78. The summed E-state index contributed by atoms with van der Waals surface area (Å²) in [5, 5.41) is 0. The Morgan fingerprint density at radius 1 is 1.33 bits per heavy atom. The Labute approximate surface area is 76.1 Å². The monoisotopic (exact) mass is 167 g/mol. The molecule has 12 heavy (non-hydrogen) atoms. The minimum absolute atomic E-state index is 0.824. The summed E-state index contributed by atoms with van der Waals surface area (Å²) in [6.07, 6.45) is 5.80. The summed E-state index contributed by atoms with van der Waals surface area (Å²) in [5.74, 6) is 1.04. The molecule has 0 aromatic heterocycles. The van der Waals surface area contributed by atoms with Gasteiger partial charge in [-0.1, -0.05) is 13.8 Å². The molecule has 0 amide bonds. The Kier molecular flexibility index (Phi) is 2.16. The molecular formula is C11H21N. The van der Waals surface area contributed by atoms with Gasteiger partial charge in [0.2, 0.25) is 0 Å². The first kappa shape index (κ1) is 8.55. The standard InChI is InChI=1S/C11H21N/c1-3-6-12-7-4-11(5-8-12)9-10(11)2/h10H,3-9H2,1-2H3. The van der Waals surface area contributed by atoms with E-state index in [0.29, 0.717) is 0 Å². The fourth-order valence-electron chi connectivity index (χ4n) is 2.79. The predicted molar refractivity (Wildman–Crippen MR) is 52.2 cm³/mol. The van der Waals surface area contributed by atoms with Crippen LogP contribution in [0, 0.1) is 11.3 Å². The third-order valence-electron chi connectivity index (χ3n) is 3.99. The van der Waals surface area contributed by atoms with Crippen molar-refractivity contribution in [2.24, 2.45) is 11.3 Å². The lowest BCUT2D eigenvalue weighted by molar-refractivity contribution is 0.165. The Hall–Kier alpha value is -0.0400. The highest BCUT2D eigenvalue weighted by atomic mass is 15.1. The molecule has 1 heterocycles. The van der Waals surface area contributed by atoms with E-state index in [4.69, 9.17) is 0 Å². The molecule has 0 N–H and O–H groups in total. The smallest absolute Gasteiger partial charge is 0.00133 e. The topological polar surface area (TPSA) is 3.24 Å². The molecule has 1 unspecified atom stereocenters. The molecule has 1 heteroatoms. The second kappa shape index (κ2) is 3.02. The van der Waals surface area contributed by atoms with Crippen molar-refractivity contribution in [2.75, 3.05) is 19.6 Å². The van der Waals surface area contributed by atoms with E-state index in [1.54, 1.807) is 0 Å². The molecule has 0 aromatic carbocycles. The zero-order valence-electron chi connectivity index (χ0n) is 8.47. The van der Waals surface area contributed by atoms with Gasteiger partial charge in [0, 0.05) is 0 Å². The third-order valence-corrected chi connectivity index (χ3v) is 3.99. The first-order chi connectivity index (χ1) is 5.77. The minimum Gasteiger partial charge on any atom is -0.303 e.